The van der Waals surface area contributed by atoms with Crippen molar-refractivity contribution in [1.29, 1.82) is 0 Å². The number of carbonyl (C=O) groups is 1. The van der Waals surface area contributed by atoms with Gasteiger partial charge in [-0.25, -0.2) is 0 Å². The molecule has 3 rings (SSSR count). The third-order valence-electron chi connectivity index (χ3n) is 3.81. The molecule has 0 radical (unpaired) electrons. The van der Waals surface area contributed by atoms with Gasteiger partial charge in [0.2, 0.25) is 0 Å². The molecule has 0 unspecified atom stereocenters. The average Bonchev–Trinajstić information content (AvgIpc) is 2.95. The van der Waals surface area contributed by atoms with E-state index >= 15 is 0 Å². The normalized spacial score (nSPS) is 18.3. The number of carbonyl (C=O) groups excluding carboxylic acids is 1. The smallest absolute Gasteiger partial charge is 0.199 e. The van der Waals surface area contributed by atoms with E-state index in [0.717, 1.165) is 36.7 Å². The molecule has 0 spiro atoms. The third-order valence-corrected chi connectivity index (χ3v) is 3.81. The maximum atomic E-state index is 12.2. The Morgan fingerprint density at radius 2 is 2.00 bits per heavy atom. The third kappa shape index (κ3) is 2.06. The molecule has 3 heteroatoms. The van der Waals surface area contributed by atoms with Crippen molar-refractivity contribution in [1.82, 2.24) is 0 Å². The summed E-state index contributed by atoms with van der Waals surface area (Å²) in [6.07, 6.45) is 4.54. The van der Waals surface area contributed by atoms with Crippen LogP contribution in [0.1, 0.15) is 42.7 Å². The molecule has 0 saturated heterocycles. The summed E-state index contributed by atoms with van der Waals surface area (Å²) in [6.45, 7) is 0. The van der Waals surface area contributed by atoms with Gasteiger partial charge in [-0.2, -0.15) is 0 Å². The van der Waals surface area contributed by atoms with Crippen molar-refractivity contribution in [2.75, 3.05) is 0 Å². The van der Waals surface area contributed by atoms with Gasteiger partial charge in [0.25, 0.3) is 0 Å². The Labute approximate surface area is 106 Å². The second kappa shape index (κ2) is 4.25. The van der Waals surface area contributed by atoms with Crippen LogP contribution >= 0.6 is 0 Å². The summed E-state index contributed by atoms with van der Waals surface area (Å²) in [5.41, 5.74) is 6.68. The van der Waals surface area contributed by atoms with Crippen LogP contribution in [0.15, 0.2) is 34.7 Å². The van der Waals surface area contributed by atoms with Crippen molar-refractivity contribution in [3.8, 4) is 0 Å². The molecular weight excluding hydrogens is 226 g/mol. The van der Waals surface area contributed by atoms with E-state index in [1.54, 1.807) is 0 Å². The first-order valence-electron chi connectivity index (χ1n) is 6.47. The fraction of sp³-hybridized carbons (Fsp3) is 0.400. The lowest BCUT2D eigenvalue weighted by atomic mass is 9.91. The second-order valence-corrected chi connectivity index (χ2v) is 5.32. The first kappa shape index (κ1) is 11.5. The number of nitrogens with two attached hydrogens (primary N) is 1. The molecule has 2 aromatic rings. The molecule has 1 fully saturated rings. The van der Waals surface area contributed by atoms with Gasteiger partial charge in [0, 0.05) is 17.3 Å². The van der Waals surface area contributed by atoms with Crippen LogP contribution in [0.5, 0.6) is 0 Å². The van der Waals surface area contributed by atoms with Gasteiger partial charge in [-0.1, -0.05) is 31.0 Å². The zero-order valence-electron chi connectivity index (χ0n) is 10.3. The number of benzene rings is 1. The largest absolute Gasteiger partial charge is 0.453 e. The Balaban J connectivity index is 1.83. The van der Waals surface area contributed by atoms with E-state index in [9.17, 15) is 4.79 Å². The van der Waals surface area contributed by atoms with E-state index in [1.165, 1.54) is 0 Å². The van der Waals surface area contributed by atoms with E-state index in [4.69, 9.17) is 10.2 Å². The van der Waals surface area contributed by atoms with E-state index in [-0.39, 0.29) is 11.3 Å². The van der Waals surface area contributed by atoms with Crippen molar-refractivity contribution in [3.05, 3.63) is 36.1 Å². The molecular formula is C15H17NO2. The first-order chi connectivity index (χ1) is 8.66. The molecule has 1 aromatic heterocycles. The highest BCUT2D eigenvalue weighted by Gasteiger charge is 2.32. The van der Waals surface area contributed by atoms with Gasteiger partial charge < -0.3 is 10.2 Å². The summed E-state index contributed by atoms with van der Waals surface area (Å²) in [4.78, 5) is 12.2. The highest BCUT2D eigenvalue weighted by molar-refractivity contribution is 5.98. The van der Waals surface area contributed by atoms with Crippen LogP contribution in [0, 0.1) is 0 Å². The Kier molecular flexibility index (Phi) is 2.71. The number of hydrogen-bond acceptors (Lipinski definition) is 3. The Hall–Kier alpha value is -1.61. The standard InChI is InChI=1S/C15H17NO2/c16-15(7-3-4-8-15)10-12(17)14-9-11-5-1-2-6-13(11)18-14/h1-2,5-6,9H,3-4,7-8,10,16H2. The van der Waals surface area contributed by atoms with Crippen molar-refractivity contribution in [2.24, 2.45) is 5.73 Å². The lowest BCUT2D eigenvalue weighted by molar-refractivity contribution is 0.0927. The molecule has 94 valence electrons. The maximum Gasteiger partial charge on any atom is 0.199 e. The predicted octanol–water partition coefficient (Wildman–Crippen LogP) is 3.28. The fourth-order valence-electron chi connectivity index (χ4n) is 2.78. The van der Waals surface area contributed by atoms with Crippen LogP contribution < -0.4 is 5.73 Å². The highest BCUT2D eigenvalue weighted by Crippen LogP contribution is 2.31. The number of rotatable bonds is 3. The minimum atomic E-state index is -0.309. The van der Waals surface area contributed by atoms with Crippen LogP contribution in [0.2, 0.25) is 0 Å². The van der Waals surface area contributed by atoms with Crippen LogP contribution in [-0.4, -0.2) is 11.3 Å². The number of furan rings is 1. The average molecular weight is 243 g/mol. The summed E-state index contributed by atoms with van der Waals surface area (Å²) in [7, 11) is 0. The van der Waals surface area contributed by atoms with Crippen molar-refractivity contribution in [3.63, 3.8) is 0 Å². The van der Waals surface area contributed by atoms with Gasteiger partial charge in [0.15, 0.2) is 11.5 Å². The fourth-order valence-corrected chi connectivity index (χ4v) is 2.78. The van der Waals surface area contributed by atoms with Crippen molar-refractivity contribution in [2.45, 2.75) is 37.6 Å². The molecule has 2 N–H and O–H groups in total. The van der Waals surface area contributed by atoms with Crippen LogP contribution in [0.25, 0.3) is 11.0 Å². The number of hydrogen-bond donors (Lipinski definition) is 1. The monoisotopic (exact) mass is 243 g/mol. The van der Waals surface area contributed by atoms with Gasteiger partial charge in [0.05, 0.1) is 0 Å². The lowest BCUT2D eigenvalue weighted by Crippen LogP contribution is -2.38. The number of para-hydroxylation sites is 1. The van der Waals surface area contributed by atoms with Gasteiger partial charge in [-0.05, 0) is 25.0 Å². The highest BCUT2D eigenvalue weighted by atomic mass is 16.3. The molecule has 0 aliphatic heterocycles. The Morgan fingerprint density at radius 3 is 2.72 bits per heavy atom. The topological polar surface area (TPSA) is 56.2 Å². The molecule has 1 heterocycles. The lowest BCUT2D eigenvalue weighted by Gasteiger charge is -2.21. The summed E-state index contributed by atoms with van der Waals surface area (Å²) >= 11 is 0. The first-order valence-corrected chi connectivity index (χ1v) is 6.47. The Morgan fingerprint density at radius 1 is 1.28 bits per heavy atom. The van der Waals surface area contributed by atoms with Gasteiger partial charge in [-0.15, -0.1) is 0 Å². The van der Waals surface area contributed by atoms with Crippen molar-refractivity contribution >= 4 is 16.8 Å². The van der Waals surface area contributed by atoms with Gasteiger partial charge in [0.1, 0.15) is 5.58 Å². The van der Waals surface area contributed by atoms with Gasteiger partial charge >= 0.3 is 0 Å². The Bertz CT molecular complexity index is 546. The number of ketones is 1. The maximum absolute atomic E-state index is 12.2. The summed E-state index contributed by atoms with van der Waals surface area (Å²) in [6, 6.07) is 9.48. The van der Waals surface area contributed by atoms with Gasteiger partial charge in [-0.3, -0.25) is 4.79 Å². The van der Waals surface area contributed by atoms with Crippen LogP contribution in [0.3, 0.4) is 0 Å². The van der Waals surface area contributed by atoms with E-state index in [0.29, 0.717) is 12.2 Å². The minimum Gasteiger partial charge on any atom is -0.453 e. The molecule has 1 aliphatic carbocycles. The van der Waals surface area contributed by atoms with E-state index in [2.05, 4.69) is 0 Å². The predicted molar refractivity (Wildman–Crippen MR) is 70.5 cm³/mol. The van der Waals surface area contributed by atoms with E-state index in [1.807, 2.05) is 30.3 Å². The summed E-state index contributed by atoms with van der Waals surface area (Å²) < 4.78 is 5.58. The zero-order chi connectivity index (χ0) is 12.6. The summed E-state index contributed by atoms with van der Waals surface area (Å²) in [5.74, 6) is 0.462. The van der Waals surface area contributed by atoms with Crippen LogP contribution in [-0.2, 0) is 0 Å². The number of Topliss-reactive ketones (excluding diaryl/α,β-unsaturated/α-hetero) is 1. The molecule has 3 nitrogen and oxygen atoms in total. The van der Waals surface area contributed by atoms with Crippen LogP contribution in [0.4, 0.5) is 0 Å². The molecule has 0 atom stereocenters. The molecule has 1 aromatic carbocycles. The van der Waals surface area contributed by atoms with Crippen molar-refractivity contribution < 1.29 is 9.21 Å². The molecule has 18 heavy (non-hydrogen) atoms. The molecule has 0 bridgehead atoms. The summed E-state index contributed by atoms with van der Waals surface area (Å²) in [5, 5.41) is 0.971. The minimum absolute atomic E-state index is 0.0237. The quantitative estimate of drug-likeness (QED) is 0.842. The zero-order valence-corrected chi connectivity index (χ0v) is 10.3. The SMILES string of the molecule is NC1(CC(=O)c2cc3ccccc3o2)CCCC1. The molecule has 1 aliphatic rings. The van der Waals surface area contributed by atoms with E-state index < -0.39 is 0 Å². The molecule has 1 saturated carbocycles. The molecule has 0 amide bonds. The second-order valence-electron chi connectivity index (χ2n) is 5.32. The number of fused-ring (bicyclic) bond motifs is 1.